The summed E-state index contributed by atoms with van der Waals surface area (Å²) in [4.78, 5) is 25.3. The molecule has 1 aliphatic carbocycles. The predicted molar refractivity (Wildman–Crippen MR) is 94.6 cm³/mol. The number of hydrogen-bond donors (Lipinski definition) is 2. The van der Waals surface area contributed by atoms with Crippen LogP contribution in [0.1, 0.15) is 59.8 Å². The lowest BCUT2D eigenvalue weighted by Crippen LogP contribution is -2.50. The molecule has 0 spiro atoms. The predicted octanol–water partition coefficient (Wildman–Crippen LogP) is 3.05. The summed E-state index contributed by atoms with van der Waals surface area (Å²) in [5.74, 6) is 0.488. The van der Waals surface area contributed by atoms with Crippen molar-refractivity contribution in [2.24, 2.45) is 0 Å². The highest BCUT2D eigenvalue weighted by molar-refractivity contribution is 6.14. The summed E-state index contributed by atoms with van der Waals surface area (Å²) in [7, 11) is 0. The number of benzene rings is 2. The molecule has 3 N–H and O–H groups in total. The van der Waals surface area contributed by atoms with Crippen LogP contribution in [0.15, 0.2) is 36.4 Å². The van der Waals surface area contributed by atoms with Crippen LogP contribution in [0.25, 0.3) is 0 Å². The summed E-state index contributed by atoms with van der Waals surface area (Å²) in [5.41, 5.74) is 8.20. The maximum Gasteiger partial charge on any atom is 0.218 e. The van der Waals surface area contributed by atoms with E-state index in [-0.39, 0.29) is 11.7 Å². The molecule has 2 aromatic carbocycles. The summed E-state index contributed by atoms with van der Waals surface area (Å²) in [6.07, 6.45) is -0.597. The van der Waals surface area contributed by atoms with E-state index < -0.39 is 11.6 Å². The summed E-state index contributed by atoms with van der Waals surface area (Å²) >= 11 is 0. The van der Waals surface area contributed by atoms with Crippen molar-refractivity contribution in [3.63, 3.8) is 0 Å². The van der Waals surface area contributed by atoms with E-state index in [4.69, 9.17) is 10.5 Å². The first-order valence-electron chi connectivity index (χ1n) is 8.39. The fourth-order valence-corrected chi connectivity index (χ4v) is 3.95. The molecule has 2 aromatic rings. The molecule has 5 heteroatoms. The minimum absolute atomic E-state index is 0.211. The number of nitrogen functional groups attached to an aromatic ring is 1. The first-order chi connectivity index (χ1) is 11.9. The van der Waals surface area contributed by atoms with Crippen molar-refractivity contribution < 1.29 is 14.3 Å². The molecule has 0 fully saturated rings. The van der Waals surface area contributed by atoms with Gasteiger partial charge in [-0.1, -0.05) is 38.1 Å². The fraction of sp³-hybridized carbons (Fsp3) is 0.300. The zero-order valence-electron chi connectivity index (χ0n) is 14.4. The highest BCUT2D eigenvalue weighted by Crippen LogP contribution is 2.56. The second kappa shape index (κ2) is 5.09. The third-order valence-electron chi connectivity index (χ3n) is 5.11. The fourth-order valence-electron chi connectivity index (χ4n) is 3.95. The van der Waals surface area contributed by atoms with Crippen molar-refractivity contribution in [1.82, 2.24) is 5.32 Å². The lowest BCUT2D eigenvalue weighted by atomic mass is 9.84. The standard InChI is InChI=1S/C20H20N2O3/c1-10(2)12-7-8-14-16(9-12)25-19-13-5-4-6-15(21)17(13)18(24)20(14,19)22-11(3)23/h4-10,19H,21H2,1-3H3,(H,22,23). The van der Waals surface area contributed by atoms with Crippen LogP contribution in [0.4, 0.5) is 5.69 Å². The molecule has 128 valence electrons. The van der Waals surface area contributed by atoms with Gasteiger partial charge in [0.25, 0.3) is 0 Å². The van der Waals surface area contributed by atoms with Crippen molar-refractivity contribution in [3.05, 3.63) is 58.7 Å². The molecule has 2 aliphatic rings. The first-order valence-corrected chi connectivity index (χ1v) is 8.39. The largest absolute Gasteiger partial charge is 0.482 e. The maximum atomic E-state index is 13.4. The van der Waals surface area contributed by atoms with Gasteiger partial charge >= 0.3 is 0 Å². The van der Waals surface area contributed by atoms with Gasteiger partial charge in [-0.25, -0.2) is 0 Å². The van der Waals surface area contributed by atoms with Crippen molar-refractivity contribution in [2.75, 3.05) is 5.73 Å². The molecule has 1 amide bonds. The molecule has 1 aliphatic heterocycles. The number of amides is 1. The highest BCUT2D eigenvalue weighted by Gasteiger charge is 2.62. The Kier molecular flexibility index (Phi) is 3.19. The van der Waals surface area contributed by atoms with Crippen molar-refractivity contribution >= 4 is 17.4 Å². The van der Waals surface area contributed by atoms with E-state index in [0.717, 1.165) is 11.1 Å². The Balaban J connectivity index is 1.96. The first kappa shape index (κ1) is 15.7. The zero-order valence-corrected chi connectivity index (χ0v) is 14.4. The third kappa shape index (κ3) is 1.95. The molecule has 0 bridgehead atoms. The highest BCUT2D eigenvalue weighted by atomic mass is 16.5. The van der Waals surface area contributed by atoms with Gasteiger partial charge in [-0.2, -0.15) is 0 Å². The molecule has 1 heterocycles. The second-order valence-electron chi connectivity index (χ2n) is 7.04. The molecule has 25 heavy (non-hydrogen) atoms. The summed E-state index contributed by atoms with van der Waals surface area (Å²) in [6.45, 7) is 5.61. The number of Topliss-reactive ketones (excluding diaryl/α,β-unsaturated/α-hetero) is 1. The molecule has 4 rings (SSSR count). The SMILES string of the molecule is CC(=O)NC12C(=O)c3c(N)cccc3C1Oc1cc(C(C)C)ccc12. The number of nitrogens with one attached hydrogen (secondary N) is 1. The number of fused-ring (bicyclic) bond motifs is 5. The minimum atomic E-state index is -1.24. The number of rotatable bonds is 2. The topological polar surface area (TPSA) is 81.4 Å². The Morgan fingerprint density at radius 3 is 2.72 bits per heavy atom. The van der Waals surface area contributed by atoms with E-state index in [2.05, 4.69) is 19.2 Å². The van der Waals surface area contributed by atoms with Crippen LogP contribution in [0, 0.1) is 0 Å². The van der Waals surface area contributed by atoms with E-state index in [0.29, 0.717) is 28.5 Å². The van der Waals surface area contributed by atoms with E-state index in [9.17, 15) is 9.59 Å². The molecule has 2 atom stereocenters. The van der Waals surface area contributed by atoms with Crippen LogP contribution < -0.4 is 15.8 Å². The molecule has 0 aromatic heterocycles. The lowest BCUT2D eigenvalue weighted by Gasteiger charge is -2.27. The average molecular weight is 336 g/mol. The van der Waals surface area contributed by atoms with Gasteiger partial charge in [0.2, 0.25) is 5.91 Å². The molecule has 0 saturated carbocycles. The monoisotopic (exact) mass is 336 g/mol. The van der Waals surface area contributed by atoms with E-state index >= 15 is 0 Å². The number of anilines is 1. The van der Waals surface area contributed by atoms with Crippen LogP contribution >= 0.6 is 0 Å². The molecule has 0 radical (unpaired) electrons. The van der Waals surface area contributed by atoms with Gasteiger partial charge < -0.3 is 15.8 Å². The zero-order chi connectivity index (χ0) is 17.9. The van der Waals surface area contributed by atoms with E-state index in [1.165, 1.54) is 6.92 Å². The molecule has 2 unspecified atom stereocenters. The van der Waals surface area contributed by atoms with Crippen molar-refractivity contribution in [3.8, 4) is 5.75 Å². The Morgan fingerprint density at radius 2 is 2.04 bits per heavy atom. The summed E-state index contributed by atoms with van der Waals surface area (Å²) < 4.78 is 6.19. The lowest BCUT2D eigenvalue weighted by molar-refractivity contribution is -0.121. The second-order valence-corrected chi connectivity index (χ2v) is 7.04. The van der Waals surface area contributed by atoms with Gasteiger partial charge in [-0.05, 0) is 23.6 Å². The number of carbonyl (C=O) groups excluding carboxylic acids is 2. The third-order valence-corrected chi connectivity index (χ3v) is 5.11. The average Bonchev–Trinajstić information content (AvgIpc) is 2.98. The van der Waals surface area contributed by atoms with Gasteiger partial charge in [0.05, 0.1) is 5.56 Å². The number of carbonyl (C=O) groups is 2. The van der Waals surface area contributed by atoms with Gasteiger partial charge in [0.1, 0.15) is 5.75 Å². The maximum absolute atomic E-state index is 13.4. The Hall–Kier alpha value is -2.82. The Labute approximate surface area is 146 Å². The summed E-state index contributed by atoms with van der Waals surface area (Å²) in [5, 5.41) is 2.88. The number of hydrogen-bond acceptors (Lipinski definition) is 4. The van der Waals surface area contributed by atoms with Crippen LogP contribution in [0.5, 0.6) is 5.75 Å². The van der Waals surface area contributed by atoms with Crippen molar-refractivity contribution in [2.45, 2.75) is 38.3 Å². The normalized spacial score (nSPS) is 23.0. The smallest absolute Gasteiger partial charge is 0.218 e. The number of ether oxygens (including phenoxy) is 1. The number of ketones is 1. The van der Waals surface area contributed by atoms with Gasteiger partial charge in [-0.15, -0.1) is 0 Å². The summed E-state index contributed by atoms with van der Waals surface area (Å²) in [6, 6.07) is 11.2. The van der Waals surface area contributed by atoms with Crippen LogP contribution in [0.2, 0.25) is 0 Å². The van der Waals surface area contributed by atoms with Crippen molar-refractivity contribution in [1.29, 1.82) is 0 Å². The minimum Gasteiger partial charge on any atom is -0.482 e. The van der Waals surface area contributed by atoms with E-state index in [1.54, 1.807) is 12.1 Å². The van der Waals surface area contributed by atoms with Crippen LogP contribution in [-0.4, -0.2) is 11.7 Å². The molecule has 0 saturated heterocycles. The van der Waals surface area contributed by atoms with Gasteiger partial charge in [0, 0.05) is 23.7 Å². The van der Waals surface area contributed by atoms with Crippen LogP contribution in [-0.2, 0) is 10.3 Å². The van der Waals surface area contributed by atoms with Crippen LogP contribution in [0.3, 0.4) is 0 Å². The molecular formula is C20H20N2O3. The quantitative estimate of drug-likeness (QED) is 0.826. The van der Waals surface area contributed by atoms with Gasteiger partial charge in [0.15, 0.2) is 17.4 Å². The molecular weight excluding hydrogens is 316 g/mol. The number of nitrogens with two attached hydrogens (primary N) is 1. The Morgan fingerprint density at radius 1 is 1.28 bits per heavy atom. The van der Waals surface area contributed by atoms with E-state index in [1.807, 2.05) is 24.3 Å². The van der Waals surface area contributed by atoms with Gasteiger partial charge in [-0.3, -0.25) is 9.59 Å². The molecule has 5 nitrogen and oxygen atoms in total. The Bertz CT molecular complexity index is 919.